The van der Waals surface area contributed by atoms with E-state index in [1.165, 1.54) is 6.92 Å². The van der Waals surface area contributed by atoms with Gasteiger partial charge in [-0.25, -0.2) is 0 Å². The summed E-state index contributed by atoms with van der Waals surface area (Å²) >= 11 is 5.95. The van der Waals surface area contributed by atoms with Crippen molar-refractivity contribution in [2.24, 2.45) is 0 Å². The molecule has 6 heteroatoms. The third-order valence-corrected chi connectivity index (χ3v) is 4.94. The first-order valence-electron chi connectivity index (χ1n) is 8.19. The number of rotatable bonds is 1. The molecule has 25 heavy (non-hydrogen) atoms. The zero-order chi connectivity index (χ0) is 17.6. The average molecular weight is 357 g/mol. The molecule has 0 aromatic heterocycles. The fourth-order valence-electron chi connectivity index (χ4n) is 3.34. The molecule has 2 aromatic carbocycles. The summed E-state index contributed by atoms with van der Waals surface area (Å²) in [4.78, 5) is 27.6. The molecule has 0 spiro atoms. The number of halogens is 1. The van der Waals surface area contributed by atoms with Crippen LogP contribution in [0.3, 0.4) is 0 Å². The van der Waals surface area contributed by atoms with Gasteiger partial charge >= 0.3 is 0 Å². The Bertz CT molecular complexity index is 883. The topological polar surface area (TPSA) is 58.6 Å². The van der Waals surface area contributed by atoms with Gasteiger partial charge in [-0.15, -0.1) is 0 Å². The van der Waals surface area contributed by atoms with E-state index in [0.29, 0.717) is 23.0 Å². The number of hydrogen-bond acceptors (Lipinski definition) is 3. The Morgan fingerprint density at radius 1 is 1.28 bits per heavy atom. The van der Waals surface area contributed by atoms with E-state index >= 15 is 0 Å². The quantitative estimate of drug-likeness (QED) is 0.796. The third-order valence-electron chi connectivity index (χ3n) is 4.70. The highest BCUT2D eigenvalue weighted by atomic mass is 35.5. The van der Waals surface area contributed by atoms with Crippen molar-refractivity contribution in [1.82, 2.24) is 0 Å². The number of hydrogen-bond donors (Lipinski definition) is 1. The van der Waals surface area contributed by atoms with Crippen molar-refractivity contribution >= 4 is 34.8 Å². The van der Waals surface area contributed by atoms with Gasteiger partial charge in [-0.1, -0.05) is 29.8 Å². The minimum absolute atomic E-state index is 0.363. The van der Waals surface area contributed by atoms with Crippen LogP contribution in [0.25, 0.3) is 0 Å². The van der Waals surface area contributed by atoms with Crippen LogP contribution in [0.15, 0.2) is 42.5 Å². The number of carbonyl (C=O) groups excluding carboxylic acids is 2. The molecule has 2 aromatic rings. The Morgan fingerprint density at radius 2 is 2.08 bits per heavy atom. The summed E-state index contributed by atoms with van der Waals surface area (Å²) in [6.07, 6.45) is 1.78. The van der Waals surface area contributed by atoms with Crippen LogP contribution in [0.1, 0.15) is 18.9 Å². The molecule has 4 rings (SSSR count). The second-order valence-electron chi connectivity index (χ2n) is 6.42. The van der Waals surface area contributed by atoms with Crippen LogP contribution in [0.5, 0.6) is 5.75 Å². The summed E-state index contributed by atoms with van der Waals surface area (Å²) in [5.41, 5.74) is 0.805. The molecule has 0 aliphatic carbocycles. The Labute approximate surface area is 150 Å². The fourth-order valence-corrected chi connectivity index (χ4v) is 3.51. The van der Waals surface area contributed by atoms with Crippen molar-refractivity contribution in [2.45, 2.75) is 25.4 Å². The van der Waals surface area contributed by atoms with Crippen LogP contribution in [0.4, 0.5) is 11.4 Å². The molecule has 0 bridgehead atoms. The van der Waals surface area contributed by atoms with E-state index < -0.39 is 11.5 Å². The lowest BCUT2D eigenvalue weighted by Crippen LogP contribution is -2.60. The number of fused-ring (bicyclic) bond motifs is 2. The molecule has 0 radical (unpaired) electrons. The fraction of sp³-hybridized carbons (Fsp3) is 0.263. The maximum absolute atomic E-state index is 13.2. The maximum Gasteiger partial charge on any atom is 0.280 e. The van der Waals surface area contributed by atoms with E-state index in [9.17, 15) is 9.59 Å². The molecular formula is C19H17ClN2O3. The van der Waals surface area contributed by atoms with Gasteiger partial charge in [0, 0.05) is 17.3 Å². The number of carbonyl (C=O) groups is 2. The van der Waals surface area contributed by atoms with Crippen LogP contribution in [0.2, 0.25) is 5.02 Å². The molecule has 1 N–H and O–H groups in total. The molecule has 1 atom stereocenters. The minimum atomic E-state index is -1.62. The first-order chi connectivity index (χ1) is 12.0. The zero-order valence-electron chi connectivity index (χ0n) is 13.7. The second-order valence-corrected chi connectivity index (χ2v) is 6.86. The molecule has 0 saturated carbocycles. The number of nitrogens with zero attached hydrogens (tertiary/aromatic N) is 1. The Morgan fingerprint density at radius 3 is 2.92 bits per heavy atom. The number of amides is 2. The molecule has 5 nitrogen and oxygen atoms in total. The summed E-state index contributed by atoms with van der Waals surface area (Å²) in [5, 5.41) is 3.23. The number of benzene rings is 2. The van der Waals surface area contributed by atoms with Gasteiger partial charge in [0.05, 0.1) is 5.69 Å². The van der Waals surface area contributed by atoms with Crippen LogP contribution >= 0.6 is 11.6 Å². The van der Waals surface area contributed by atoms with Crippen LogP contribution < -0.4 is 15.0 Å². The smallest absolute Gasteiger partial charge is 0.280 e. The molecule has 2 aliphatic rings. The minimum Gasteiger partial charge on any atom is -0.465 e. The predicted octanol–water partition coefficient (Wildman–Crippen LogP) is 3.41. The summed E-state index contributed by atoms with van der Waals surface area (Å²) in [5.74, 6) is -0.418. The van der Waals surface area contributed by atoms with Gasteiger partial charge in [0.25, 0.3) is 17.4 Å². The molecule has 2 heterocycles. The van der Waals surface area contributed by atoms with E-state index in [1.54, 1.807) is 23.1 Å². The Balaban J connectivity index is 1.71. The number of nitrogens with one attached hydrogen (secondary N) is 1. The van der Waals surface area contributed by atoms with Gasteiger partial charge in [-0.05, 0) is 49.6 Å². The molecule has 128 valence electrons. The average Bonchev–Trinajstić information content (AvgIpc) is 2.62. The highest BCUT2D eigenvalue weighted by molar-refractivity contribution is 6.31. The monoisotopic (exact) mass is 356 g/mol. The molecule has 0 fully saturated rings. The summed E-state index contributed by atoms with van der Waals surface area (Å²) in [6.45, 7) is 2.08. The van der Waals surface area contributed by atoms with Gasteiger partial charge in [0.15, 0.2) is 0 Å². The van der Waals surface area contributed by atoms with E-state index in [2.05, 4.69) is 5.32 Å². The molecule has 2 aliphatic heterocycles. The Hall–Kier alpha value is -2.53. The van der Waals surface area contributed by atoms with E-state index in [-0.39, 0.29) is 5.91 Å². The number of anilines is 2. The highest BCUT2D eigenvalue weighted by Gasteiger charge is 2.50. The molecule has 2 amide bonds. The van der Waals surface area contributed by atoms with Crippen molar-refractivity contribution < 1.29 is 14.3 Å². The largest absolute Gasteiger partial charge is 0.465 e. The zero-order valence-corrected chi connectivity index (χ0v) is 14.5. The number of para-hydroxylation sites is 1. The molecule has 1 unspecified atom stereocenters. The summed E-state index contributed by atoms with van der Waals surface area (Å²) < 4.78 is 5.85. The first kappa shape index (κ1) is 16.0. The Kier molecular flexibility index (Phi) is 3.69. The lowest BCUT2D eigenvalue weighted by atomic mass is 9.96. The van der Waals surface area contributed by atoms with Crippen LogP contribution in [0, 0.1) is 0 Å². The van der Waals surface area contributed by atoms with Gasteiger partial charge in [0.2, 0.25) is 0 Å². The van der Waals surface area contributed by atoms with E-state index in [1.807, 2.05) is 24.3 Å². The van der Waals surface area contributed by atoms with Crippen molar-refractivity contribution in [3.05, 3.63) is 53.1 Å². The van der Waals surface area contributed by atoms with Crippen LogP contribution in [-0.4, -0.2) is 24.0 Å². The van der Waals surface area contributed by atoms with Gasteiger partial charge in [0.1, 0.15) is 5.75 Å². The van der Waals surface area contributed by atoms with Crippen molar-refractivity contribution in [2.75, 3.05) is 16.8 Å². The highest BCUT2D eigenvalue weighted by Crippen LogP contribution is 2.37. The normalized spacial score (nSPS) is 21.7. The standard InChI is InChI=1S/C19H17ClN2O3/c1-19(17(23)21-14-11-13(20)8-9-16(14)25-19)18(24)22-10-4-6-12-5-2-3-7-15(12)22/h2-3,5,7-9,11H,4,6,10H2,1H3,(H,21,23). The van der Waals surface area contributed by atoms with Gasteiger partial charge in [-0.3, -0.25) is 9.59 Å². The molecular weight excluding hydrogens is 340 g/mol. The lowest BCUT2D eigenvalue weighted by molar-refractivity contribution is -0.144. The van der Waals surface area contributed by atoms with Crippen molar-refractivity contribution in [3.8, 4) is 5.75 Å². The lowest BCUT2D eigenvalue weighted by Gasteiger charge is -2.39. The van der Waals surface area contributed by atoms with E-state index in [4.69, 9.17) is 16.3 Å². The number of aryl methyl sites for hydroxylation is 1. The van der Waals surface area contributed by atoms with Crippen LogP contribution in [-0.2, 0) is 16.0 Å². The van der Waals surface area contributed by atoms with Gasteiger partial charge in [-0.2, -0.15) is 0 Å². The summed E-state index contributed by atoms with van der Waals surface area (Å²) in [7, 11) is 0. The van der Waals surface area contributed by atoms with Gasteiger partial charge < -0.3 is 15.0 Å². The number of ether oxygens (including phenoxy) is 1. The second kappa shape index (κ2) is 5.77. The van der Waals surface area contributed by atoms with Crippen molar-refractivity contribution in [3.63, 3.8) is 0 Å². The van der Waals surface area contributed by atoms with E-state index in [0.717, 1.165) is 24.1 Å². The third kappa shape index (κ3) is 2.55. The predicted molar refractivity (Wildman–Crippen MR) is 96.2 cm³/mol. The first-order valence-corrected chi connectivity index (χ1v) is 8.57. The summed E-state index contributed by atoms with van der Waals surface area (Å²) in [6, 6.07) is 12.7. The molecule has 0 saturated heterocycles. The maximum atomic E-state index is 13.2. The SMILES string of the molecule is CC1(C(=O)N2CCCc3ccccc32)Oc2ccc(Cl)cc2NC1=O. The van der Waals surface area contributed by atoms with Crippen molar-refractivity contribution in [1.29, 1.82) is 0 Å².